The molecule has 2 N–H and O–H groups in total. The Morgan fingerprint density at radius 3 is 3.00 bits per heavy atom. The average Bonchev–Trinajstić information content (AvgIpc) is 2.60. The van der Waals surface area contributed by atoms with Gasteiger partial charge in [-0.1, -0.05) is 19.3 Å². The maximum atomic E-state index is 9.86. The molecule has 0 amide bonds. The molecule has 1 aliphatic carbocycles. The van der Waals surface area contributed by atoms with Gasteiger partial charge in [-0.25, -0.2) is 4.98 Å². The van der Waals surface area contributed by atoms with Gasteiger partial charge in [0, 0.05) is 11.6 Å². The SMILES string of the molecule is OC1CCCCCC1Nc1nccs1. The van der Waals surface area contributed by atoms with Gasteiger partial charge in [0.2, 0.25) is 0 Å². The van der Waals surface area contributed by atoms with Crippen molar-refractivity contribution in [2.75, 3.05) is 5.32 Å². The number of aromatic nitrogens is 1. The second-order valence-electron chi connectivity index (χ2n) is 3.79. The molecule has 3 nitrogen and oxygen atoms in total. The molecule has 0 spiro atoms. The summed E-state index contributed by atoms with van der Waals surface area (Å²) in [5.74, 6) is 0. The van der Waals surface area contributed by atoms with E-state index < -0.39 is 0 Å². The van der Waals surface area contributed by atoms with Crippen LogP contribution in [-0.4, -0.2) is 22.2 Å². The van der Waals surface area contributed by atoms with E-state index in [9.17, 15) is 5.11 Å². The second-order valence-corrected chi connectivity index (χ2v) is 4.69. The number of hydrogen-bond acceptors (Lipinski definition) is 4. The lowest BCUT2D eigenvalue weighted by Gasteiger charge is -2.20. The molecule has 0 saturated heterocycles. The summed E-state index contributed by atoms with van der Waals surface area (Å²) in [6, 6.07) is 0.198. The van der Waals surface area contributed by atoms with Crippen molar-refractivity contribution in [1.82, 2.24) is 4.98 Å². The third kappa shape index (κ3) is 2.45. The van der Waals surface area contributed by atoms with Crippen LogP contribution in [0, 0.1) is 0 Å². The highest BCUT2D eigenvalue weighted by Gasteiger charge is 2.21. The summed E-state index contributed by atoms with van der Waals surface area (Å²) in [5.41, 5.74) is 0. The van der Waals surface area contributed by atoms with Gasteiger partial charge >= 0.3 is 0 Å². The van der Waals surface area contributed by atoms with Gasteiger partial charge in [0.05, 0.1) is 12.1 Å². The van der Waals surface area contributed by atoms with Gasteiger partial charge < -0.3 is 10.4 Å². The van der Waals surface area contributed by atoms with Crippen LogP contribution in [0.15, 0.2) is 11.6 Å². The fourth-order valence-electron chi connectivity index (χ4n) is 1.91. The van der Waals surface area contributed by atoms with E-state index in [0.717, 1.165) is 24.4 Å². The molecule has 1 aromatic heterocycles. The topological polar surface area (TPSA) is 45.1 Å². The van der Waals surface area contributed by atoms with Crippen LogP contribution in [0.25, 0.3) is 0 Å². The number of anilines is 1. The first-order chi connectivity index (χ1) is 6.86. The van der Waals surface area contributed by atoms with Crippen LogP contribution in [0.3, 0.4) is 0 Å². The van der Waals surface area contributed by atoms with Crippen LogP contribution in [0.5, 0.6) is 0 Å². The summed E-state index contributed by atoms with van der Waals surface area (Å²) >= 11 is 1.59. The highest BCUT2D eigenvalue weighted by Crippen LogP contribution is 2.22. The summed E-state index contributed by atoms with van der Waals surface area (Å²) in [5, 5.41) is 16.0. The summed E-state index contributed by atoms with van der Waals surface area (Å²) in [4.78, 5) is 4.17. The van der Waals surface area contributed by atoms with Gasteiger partial charge in [0.1, 0.15) is 0 Å². The highest BCUT2D eigenvalue weighted by molar-refractivity contribution is 7.13. The molecule has 0 bridgehead atoms. The number of aliphatic hydroxyl groups excluding tert-OH is 1. The van der Waals surface area contributed by atoms with Crippen LogP contribution in [0.2, 0.25) is 0 Å². The summed E-state index contributed by atoms with van der Waals surface area (Å²) < 4.78 is 0. The van der Waals surface area contributed by atoms with Gasteiger partial charge in [-0.3, -0.25) is 0 Å². The Kier molecular flexibility index (Phi) is 3.37. The Balaban J connectivity index is 1.94. The first kappa shape index (κ1) is 9.93. The number of nitrogens with zero attached hydrogens (tertiary/aromatic N) is 1. The van der Waals surface area contributed by atoms with Crippen LogP contribution < -0.4 is 5.32 Å². The molecule has 1 aromatic rings. The van der Waals surface area contributed by atoms with E-state index in [1.807, 2.05) is 5.38 Å². The van der Waals surface area contributed by atoms with Gasteiger partial charge in [-0.15, -0.1) is 11.3 Å². The lowest BCUT2D eigenvalue weighted by atomic mass is 10.1. The summed E-state index contributed by atoms with van der Waals surface area (Å²) in [6.45, 7) is 0. The van der Waals surface area contributed by atoms with Crippen LogP contribution >= 0.6 is 11.3 Å². The standard InChI is InChI=1S/C10H16N2OS/c13-9-5-3-1-2-4-8(9)12-10-11-6-7-14-10/h6-9,13H,1-5H2,(H,11,12). The van der Waals surface area contributed by atoms with Crippen molar-refractivity contribution in [1.29, 1.82) is 0 Å². The molecule has 1 saturated carbocycles. The Morgan fingerprint density at radius 2 is 2.21 bits per heavy atom. The molecule has 2 rings (SSSR count). The van der Waals surface area contributed by atoms with E-state index >= 15 is 0 Å². The third-order valence-corrected chi connectivity index (χ3v) is 3.42. The molecule has 0 radical (unpaired) electrons. The highest BCUT2D eigenvalue weighted by atomic mass is 32.1. The van der Waals surface area contributed by atoms with Gasteiger partial charge in [-0.2, -0.15) is 0 Å². The number of aliphatic hydroxyl groups is 1. The average molecular weight is 212 g/mol. The maximum absolute atomic E-state index is 9.86. The van der Waals surface area contributed by atoms with Crippen molar-refractivity contribution in [2.24, 2.45) is 0 Å². The molecule has 2 unspecified atom stereocenters. The Hall–Kier alpha value is -0.610. The Morgan fingerprint density at radius 1 is 1.36 bits per heavy atom. The van der Waals surface area contributed by atoms with E-state index in [2.05, 4.69) is 10.3 Å². The lowest BCUT2D eigenvalue weighted by molar-refractivity contribution is 0.144. The zero-order valence-electron chi connectivity index (χ0n) is 8.15. The van der Waals surface area contributed by atoms with Crippen molar-refractivity contribution in [3.8, 4) is 0 Å². The number of nitrogens with one attached hydrogen (secondary N) is 1. The zero-order chi connectivity index (χ0) is 9.80. The predicted molar refractivity (Wildman–Crippen MR) is 58.6 cm³/mol. The van der Waals surface area contributed by atoms with E-state index in [1.54, 1.807) is 17.5 Å². The smallest absolute Gasteiger partial charge is 0.182 e. The van der Waals surface area contributed by atoms with E-state index in [0.29, 0.717) is 0 Å². The predicted octanol–water partition coefficient (Wildman–Crippen LogP) is 2.25. The van der Waals surface area contributed by atoms with Crippen molar-refractivity contribution in [3.05, 3.63) is 11.6 Å². The van der Waals surface area contributed by atoms with Crippen LogP contribution in [0.1, 0.15) is 32.1 Å². The first-order valence-corrected chi connectivity index (χ1v) is 6.08. The van der Waals surface area contributed by atoms with Crippen molar-refractivity contribution in [3.63, 3.8) is 0 Å². The minimum Gasteiger partial charge on any atom is -0.391 e. The normalized spacial score (nSPS) is 28.4. The Labute approximate surface area is 88.2 Å². The molecule has 0 aliphatic heterocycles. The molecule has 2 atom stereocenters. The molecule has 4 heteroatoms. The molecule has 1 heterocycles. The maximum Gasteiger partial charge on any atom is 0.182 e. The summed E-state index contributed by atoms with van der Waals surface area (Å²) in [6.07, 6.45) is 7.16. The van der Waals surface area contributed by atoms with Gasteiger partial charge in [0.25, 0.3) is 0 Å². The minimum absolute atomic E-state index is 0.198. The molecular weight excluding hydrogens is 196 g/mol. The second kappa shape index (κ2) is 4.75. The Bertz CT molecular complexity index is 263. The van der Waals surface area contributed by atoms with E-state index in [4.69, 9.17) is 0 Å². The van der Waals surface area contributed by atoms with Crippen LogP contribution in [0.4, 0.5) is 5.13 Å². The van der Waals surface area contributed by atoms with Crippen LogP contribution in [-0.2, 0) is 0 Å². The molecule has 14 heavy (non-hydrogen) atoms. The van der Waals surface area contributed by atoms with Crippen molar-refractivity contribution < 1.29 is 5.11 Å². The molecule has 0 aromatic carbocycles. The molecule has 78 valence electrons. The largest absolute Gasteiger partial charge is 0.391 e. The van der Waals surface area contributed by atoms with Gasteiger partial charge in [-0.05, 0) is 12.8 Å². The van der Waals surface area contributed by atoms with Gasteiger partial charge in [0.15, 0.2) is 5.13 Å². The van der Waals surface area contributed by atoms with E-state index in [1.165, 1.54) is 12.8 Å². The molecule has 1 aliphatic rings. The number of thiazole rings is 1. The molecule has 1 fully saturated rings. The van der Waals surface area contributed by atoms with Crippen molar-refractivity contribution in [2.45, 2.75) is 44.2 Å². The van der Waals surface area contributed by atoms with Crippen molar-refractivity contribution >= 4 is 16.5 Å². The minimum atomic E-state index is -0.207. The first-order valence-electron chi connectivity index (χ1n) is 5.20. The fourth-order valence-corrected chi connectivity index (χ4v) is 2.50. The fraction of sp³-hybridized carbons (Fsp3) is 0.700. The lowest BCUT2D eigenvalue weighted by Crippen LogP contribution is -2.32. The zero-order valence-corrected chi connectivity index (χ0v) is 8.96. The number of rotatable bonds is 2. The monoisotopic (exact) mass is 212 g/mol. The quantitative estimate of drug-likeness (QED) is 0.739. The summed E-state index contributed by atoms with van der Waals surface area (Å²) in [7, 11) is 0. The molecular formula is C10H16N2OS. The third-order valence-electron chi connectivity index (χ3n) is 2.72. The van der Waals surface area contributed by atoms with E-state index in [-0.39, 0.29) is 12.1 Å². The number of hydrogen-bond donors (Lipinski definition) is 2.